The van der Waals surface area contributed by atoms with Crippen molar-refractivity contribution in [2.75, 3.05) is 6.61 Å². The zero-order valence-corrected chi connectivity index (χ0v) is 15.8. The van der Waals surface area contributed by atoms with E-state index in [1.807, 2.05) is 24.4 Å². The third kappa shape index (κ3) is 5.72. The molecule has 0 radical (unpaired) electrons. The monoisotopic (exact) mass is 350 g/mol. The summed E-state index contributed by atoms with van der Waals surface area (Å²) in [5.41, 5.74) is 4.23. The maximum atomic E-state index is 11.9. The molecule has 2 N–H and O–H groups in total. The topological polar surface area (TPSA) is 75.1 Å². The number of carbonyl (C=O) groups excluding carboxylic acids is 1. The fraction of sp³-hybridized carbons (Fsp3) is 0.588. The summed E-state index contributed by atoms with van der Waals surface area (Å²) in [6.45, 7) is 10.2. The van der Waals surface area contributed by atoms with Crippen molar-refractivity contribution < 1.29 is 9.63 Å². The van der Waals surface area contributed by atoms with Crippen LogP contribution in [0.15, 0.2) is 27.8 Å². The molecular weight excluding hydrogens is 324 g/mol. The molecule has 0 spiro atoms. The fourth-order valence-corrected chi connectivity index (χ4v) is 3.73. The van der Waals surface area contributed by atoms with Gasteiger partial charge in [0.25, 0.3) is 5.91 Å². The predicted octanol–water partition coefficient (Wildman–Crippen LogP) is 2.90. The molecule has 0 atom stereocenters. The molecule has 2 rings (SSSR count). The van der Waals surface area contributed by atoms with Gasteiger partial charge in [-0.25, -0.2) is 5.43 Å². The maximum absolute atomic E-state index is 11.9. The van der Waals surface area contributed by atoms with Gasteiger partial charge in [-0.1, -0.05) is 11.2 Å². The Morgan fingerprint density at radius 3 is 2.58 bits per heavy atom. The molecule has 0 aliphatic carbocycles. The molecule has 132 valence electrons. The molecule has 1 aliphatic heterocycles. The van der Waals surface area contributed by atoms with Crippen molar-refractivity contribution in [3.05, 3.63) is 22.4 Å². The number of piperidine rings is 1. The van der Waals surface area contributed by atoms with E-state index in [9.17, 15) is 4.79 Å². The van der Waals surface area contributed by atoms with Crippen molar-refractivity contribution >= 4 is 28.7 Å². The Morgan fingerprint density at radius 1 is 1.33 bits per heavy atom. The number of nitrogens with one attached hydrogen (secondary N) is 2. The predicted molar refractivity (Wildman–Crippen MR) is 98.6 cm³/mol. The molecule has 0 aromatic carbocycles. The number of hydrogen-bond donors (Lipinski definition) is 2. The van der Waals surface area contributed by atoms with Crippen molar-refractivity contribution in [3.63, 3.8) is 0 Å². The van der Waals surface area contributed by atoms with Crippen LogP contribution in [0.5, 0.6) is 0 Å². The number of amides is 1. The van der Waals surface area contributed by atoms with E-state index in [1.165, 1.54) is 0 Å². The lowest BCUT2D eigenvalue weighted by molar-refractivity contribution is -0.125. The van der Waals surface area contributed by atoms with Crippen LogP contribution >= 0.6 is 11.3 Å². The van der Waals surface area contributed by atoms with Gasteiger partial charge in [0.2, 0.25) is 0 Å². The fourth-order valence-electron chi connectivity index (χ4n) is 3.06. The van der Waals surface area contributed by atoms with Crippen molar-refractivity contribution in [2.45, 2.75) is 58.5 Å². The molecule has 1 saturated heterocycles. The minimum absolute atomic E-state index is 0.0378. The highest BCUT2D eigenvalue weighted by molar-refractivity contribution is 7.12. The first kappa shape index (κ1) is 18.6. The van der Waals surface area contributed by atoms with Crippen LogP contribution in [0.25, 0.3) is 0 Å². The Kier molecular flexibility index (Phi) is 5.77. The zero-order valence-electron chi connectivity index (χ0n) is 15.0. The summed E-state index contributed by atoms with van der Waals surface area (Å²) in [7, 11) is 0. The first-order chi connectivity index (χ1) is 11.2. The Hall–Kier alpha value is -1.73. The minimum Gasteiger partial charge on any atom is -0.385 e. The van der Waals surface area contributed by atoms with Crippen LogP contribution in [0.3, 0.4) is 0 Å². The summed E-state index contributed by atoms with van der Waals surface area (Å²) in [5, 5.41) is 13.8. The first-order valence-corrected chi connectivity index (χ1v) is 8.89. The van der Waals surface area contributed by atoms with Crippen molar-refractivity contribution in [2.24, 2.45) is 10.3 Å². The second-order valence-electron chi connectivity index (χ2n) is 7.39. The average Bonchev–Trinajstić information content (AvgIpc) is 2.96. The third-order valence-electron chi connectivity index (χ3n) is 3.58. The van der Waals surface area contributed by atoms with E-state index in [1.54, 1.807) is 11.3 Å². The molecule has 7 heteroatoms. The van der Waals surface area contributed by atoms with E-state index in [0.29, 0.717) is 0 Å². The molecule has 6 nitrogen and oxygen atoms in total. The summed E-state index contributed by atoms with van der Waals surface area (Å²) < 4.78 is 0. The highest BCUT2D eigenvalue weighted by atomic mass is 32.1. The number of thiophene rings is 1. The van der Waals surface area contributed by atoms with Gasteiger partial charge in [0, 0.05) is 29.6 Å². The quantitative estimate of drug-likeness (QED) is 0.633. The van der Waals surface area contributed by atoms with E-state index in [-0.39, 0.29) is 23.6 Å². The standard InChI is InChI=1S/C17H26N4O2S/c1-12(14-7-6-8-24-14)20-23-11-15(22)19-18-13-9-16(2,3)21-17(4,5)10-13/h6-8,21H,9-11H2,1-5H3,(H,19,22)/b20-12+. The van der Waals surface area contributed by atoms with Crippen LogP contribution in [0, 0.1) is 0 Å². The van der Waals surface area contributed by atoms with Gasteiger partial charge in [-0.05, 0) is 46.1 Å². The highest BCUT2D eigenvalue weighted by Gasteiger charge is 2.35. The van der Waals surface area contributed by atoms with Crippen LogP contribution in [-0.2, 0) is 9.63 Å². The van der Waals surface area contributed by atoms with E-state index in [4.69, 9.17) is 4.84 Å². The van der Waals surface area contributed by atoms with Crippen LogP contribution in [0.1, 0.15) is 52.3 Å². The molecule has 0 unspecified atom stereocenters. The molecule has 2 heterocycles. The van der Waals surface area contributed by atoms with Crippen molar-refractivity contribution in [1.82, 2.24) is 10.7 Å². The van der Waals surface area contributed by atoms with Crippen LogP contribution in [-0.4, -0.2) is 35.0 Å². The summed E-state index contributed by atoms with van der Waals surface area (Å²) in [6.07, 6.45) is 1.60. The van der Waals surface area contributed by atoms with Gasteiger partial charge in [-0.2, -0.15) is 5.10 Å². The zero-order chi connectivity index (χ0) is 17.8. The largest absolute Gasteiger partial charge is 0.385 e. The number of carbonyl (C=O) groups is 1. The van der Waals surface area contributed by atoms with Gasteiger partial charge in [-0.15, -0.1) is 11.3 Å². The molecule has 1 amide bonds. The number of hydrazone groups is 1. The number of hydrogen-bond acceptors (Lipinski definition) is 6. The van der Waals surface area contributed by atoms with Gasteiger partial charge in [0.15, 0.2) is 6.61 Å². The van der Waals surface area contributed by atoms with Crippen LogP contribution in [0.4, 0.5) is 0 Å². The lowest BCUT2D eigenvalue weighted by Gasteiger charge is -2.43. The molecule has 1 aromatic rings. The Morgan fingerprint density at radius 2 is 2.00 bits per heavy atom. The van der Waals surface area contributed by atoms with Gasteiger partial charge in [0.1, 0.15) is 0 Å². The average molecular weight is 350 g/mol. The smallest absolute Gasteiger partial charge is 0.280 e. The van der Waals surface area contributed by atoms with E-state index in [0.717, 1.165) is 29.1 Å². The Balaban J connectivity index is 1.83. The van der Waals surface area contributed by atoms with Crippen LogP contribution in [0.2, 0.25) is 0 Å². The second kappa shape index (κ2) is 7.44. The SMILES string of the molecule is C/C(=N\OCC(=O)NN=C1CC(C)(C)NC(C)(C)C1)c1cccs1. The van der Waals surface area contributed by atoms with Gasteiger partial charge >= 0.3 is 0 Å². The molecule has 0 bridgehead atoms. The number of nitrogens with zero attached hydrogens (tertiary/aromatic N) is 2. The summed E-state index contributed by atoms with van der Waals surface area (Å²) in [6, 6.07) is 3.91. The molecule has 1 aliphatic rings. The third-order valence-corrected chi connectivity index (χ3v) is 4.56. The van der Waals surface area contributed by atoms with Crippen LogP contribution < -0.4 is 10.7 Å². The Bertz CT molecular complexity index is 615. The maximum Gasteiger partial charge on any atom is 0.280 e. The normalized spacial score (nSPS) is 19.7. The lowest BCUT2D eigenvalue weighted by Crippen LogP contribution is -2.58. The Labute approximate surface area is 147 Å². The number of rotatable bonds is 5. The van der Waals surface area contributed by atoms with Crippen molar-refractivity contribution in [1.29, 1.82) is 0 Å². The summed E-state index contributed by atoms with van der Waals surface area (Å²) in [4.78, 5) is 18.0. The molecule has 24 heavy (non-hydrogen) atoms. The summed E-state index contributed by atoms with van der Waals surface area (Å²) in [5.74, 6) is -0.306. The van der Waals surface area contributed by atoms with Gasteiger partial charge < -0.3 is 10.2 Å². The number of oxime groups is 1. The molecular formula is C17H26N4O2S. The highest BCUT2D eigenvalue weighted by Crippen LogP contribution is 2.26. The molecule has 1 fully saturated rings. The van der Waals surface area contributed by atoms with E-state index >= 15 is 0 Å². The molecule has 0 saturated carbocycles. The lowest BCUT2D eigenvalue weighted by atomic mass is 9.81. The van der Waals surface area contributed by atoms with E-state index in [2.05, 4.69) is 48.7 Å². The van der Waals surface area contributed by atoms with Crippen molar-refractivity contribution in [3.8, 4) is 0 Å². The van der Waals surface area contributed by atoms with Gasteiger partial charge in [0.05, 0.1) is 10.6 Å². The molecule has 1 aromatic heterocycles. The second-order valence-corrected chi connectivity index (χ2v) is 8.33. The minimum atomic E-state index is -0.306. The first-order valence-electron chi connectivity index (χ1n) is 8.01. The van der Waals surface area contributed by atoms with Gasteiger partial charge in [-0.3, -0.25) is 4.79 Å². The van der Waals surface area contributed by atoms with E-state index < -0.39 is 0 Å². The summed E-state index contributed by atoms with van der Waals surface area (Å²) >= 11 is 1.58.